The van der Waals surface area contributed by atoms with Crippen molar-refractivity contribution in [1.29, 1.82) is 0 Å². The van der Waals surface area contributed by atoms with Crippen molar-refractivity contribution >= 4 is 36.4 Å². The molecule has 2 rings (SSSR count). The fraction of sp³-hybridized carbons (Fsp3) is 0.190. The summed E-state index contributed by atoms with van der Waals surface area (Å²) in [6.07, 6.45) is 0.805. The molecule has 0 unspecified atom stereocenters. The Morgan fingerprint density at radius 2 is 1.63 bits per heavy atom. The number of thioether (sulfide) groups is 1. The van der Waals surface area contributed by atoms with Crippen molar-refractivity contribution in [3.8, 4) is 11.5 Å². The minimum atomic E-state index is -0.610. The van der Waals surface area contributed by atoms with Gasteiger partial charge in [-0.2, -0.15) is 0 Å². The Hall–Kier alpha value is -3.46. The third-order valence-electron chi connectivity index (χ3n) is 3.67. The zero-order valence-corrected chi connectivity index (χ0v) is 18.0. The largest absolute Gasteiger partial charge is 0.497 e. The van der Waals surface area contributed by atoms with Crippen molar-refractivity contribution in [3.63, 3.8) is 0 Å². The smallest absolute Gasteiger partial charge is 0.269 e. The second-order valence-electron chi connectivity index (χ2n) is 5.54. The SMILES string of the molecule is C=N/C(C(N)=O)=C(/NC)SCNc1ccc(OC)cc1.COc1ccc(C=O)cc1. The predicted molar refractivity (Wildman–Crippen MR) is 122 cm³/mol. The van der Waals surface area contributed by atoms with Gasteiger partial charge in [0.25, 0.3) is 5.91 Å². The van der Waals surface area contributed by atoms with Gasteiger partial charge in [0.05, 0.1) is 20.1 Å². The summed E-state index contributed by atoms with van der Waals surface area (Å²) in [4.78, 5) is 25.0. The number of methoxy groups -OCH3 is 2. The van der Waals surface area contributed by atoms with Crippen LogP contribution in [0.25, 0.3) is 0 Å². The number of nitrogens with zero attached hydrogens (tertiary/aromatic N) is 1. The number of carbonyl (C=O) groups excluding carboxylic acids is 2. The average molecular weight is 431 g/mol. The normalized spacial score (nSPS) is 10.5. The molecule has 4 N–H and O–H groups in total. The van der Waals surface area contributed by atoms with Gasteiger partial charge in [0.15, 0.2) is 5.70 Å². The molecule has 0 atom stereocenters. The molecule has 0 bridgehead atoms. The van der Waals surface area contributed by atoms with E-state index in [-0.39, 0.29) is 5.70 Å². The maximum atomic E-state index is 11.2. The molecule has 2 aromatic carbocycles. The Morgan fingerprint density at radius 3 is 2.03 bits per heavy atom. The van der Waals surface area contributed by atoms with Gasteiger partial charge < -0.3 is 25.8 Å². The van der Waals surface area contributed by atoms with Crippen molar-refractivity contribution in [3.05, 3.63) is 64.8 Å². The molecular weight excluding hydrogens is 404 g/mol. The number of hydrogen-bond donors (Lipinski definition) is 3. The second kappa shape index (κ2) is 13.7. The van der Waals surface area contributed by atoms with Crippen molar-refractivity contribution < 1.29 is 19.1 Å². The van der Waals surface area contributed by atoms with Gasteiger partial charge in [0, 0.05) is 18.3 Å². The summed E-state index contributed by atoms with van der Waals surface area (Å²) in [5, 5.41) is 6.66. The maximum Gasteiger partial charge on any atom is 0.269 e. The lowest BCUT2D eigenvalue weighted by molar-refractivity contribution is -0.114. The van der Waals surface area contributed by atoms with Crippen LogP contribution in [0.1, 0.15) is 10.4 Å². The number of anilines is 1. The van der Waals surface area contributed by atoms with Gasteiger partial charge in [0.2, 0.25) is 0 Å². The first-order chi connectivity index (χ1) is 14.5. The summed E-state index contributed by atoms with van der Waals surface area (Å²) in [7, 11) is 4.91. The van der Waals surface area contributed by atoms with Crippen LogP contribution in [0.15, 0.2) is 64.2 Å². The van der Waals surface area contributed by atoms with E-state index >= 15 is 0 Å². The molecule has 0 aliphatic carbocycles. The van der Waals surface area contributed by atoms with Crippen molar-refractivity contribution in [2.75, 3.05) is 32.5 Å². The highest BCUT2D eigenvalue weighted by molar-refractivity contribution is 8.03. The van der Waals surface area contributed by atoms with Crippen molar-refractivity contribution in [2.24, 2.45) is 10.7 Å². The molecule has 0 heterocycles. The number of amides is 1. The summed E-state index contributed by atoms with van der Waals surface area (Å²) in [5.41, 5.74) is 6.97. The van der Waals surface area contributed by atoms with Gasteiger partial charge >= 0.3 is 0 Å². The molecule has 0 aliphatic heterocycles. The number of nitrogens with two attached hydrogens (primary N) is 1. The van der Waals surface area contributed by atoms with E-state index in [1.807, 2.05) is 24.3 Å². The maximum absolute atomic E-state index is 11.2. The predicted octanol–water partition coefficient (Wildman–Crippen LogP) is 2.88. The summed E-state index contributed by atoms with van der Waals surface area (Å²) < 4.78 is 9.98. The molecule has 160 valence electrons. The van der Waals surface area contributed by atoms with E-state index in [0.29, 0.717) is 16.5 Å². The number of nitrogens with one attached hydrogen (secondary N) is 2. The first-order valence-corrected chi connectivity index (χ1v) is 9.76. The summed E-state index contributed by atoms with van der Waals surface area (Å²) in [6.45, 7) is 3.34. The van der Waals surface area contributed by atoms with E-state index < -0.39 is 5.91 Å². The topological polar surface area (TPSA) is 115 Å². The Bertz CT molecular complexity index is 852. The molecule has 0 aliphatic rings. The van der Waals surface area contributed by atoms with Gasteiger partial charge in [-0.05, 0) is 55.2 Å². The average Bonchev–Trinajstić information content (AvgIpc) is 2.79. The number of benzene rings is 2. The van der Waals surface area contributed by atoms with Crippen LogP contribution in [-0.4, -0.2) is 46.1 Å². The minimum Gasteiger partial charge on any atom is -0.497 e. The second-order valence-corrected chi connectivity index (χ2v) is 6.52. The highest BCUT2D eigenvalue weighted by atomic mass is 32.2. The lowest BCUT2D eigenvalue weighted by Gasteiger charge is -2.11. The molecule has 1 amide bonds. The summed E-state index contributed by atoms with van der Waals surface area (Å²) in [5.74, 6) is 1.51. The lowest BCUT2D eigenvalue weighted by atomic mass is 10.2. The summed E-state index contributed by atoms with van der Waals surface area (Å²) >= 11 is 1.38. The number of rotatable bonds is 10. The number of ether oxygens (including phenoxy) is 2. The number of hydrogen-bond acceptors (Lipinski definition) is 8. The zero-order chi connectivity index (χ0) is 22.4. The molecule has 0 saturated heterocycles. The quantitative estimate of drug-likeness (QED) is 0.230. The fourth-order valence-corrected chi connectivity index (χ4v) is 2.93. The number of aliphatic imine (C=N–C) groups is 1. The molecule has 0 aromatic heterocycles. The molecule has 0 fully saturated rings. The molecular formula is C21H26N4O4S. The summed E-state index contributed by atoms with van der Waals surface area (Å²) in [6, 6.07) is 14.5. The molecule has 9 heteroatoms. The highest BCUT2D eigenvalue weighted by Crippen LogP contribution is 2.20. The van der Waals surface area contributed by atoms with E-state index in [2.05, 4.69) is 22.3 Å². The first kappa shape index (κ1) is 24.6. The molecule has 0 saturated carbocycles. The zero-order valence-electron chi connectivity index (χ0n) is 17.2. The van der Waals surface area contributed by atoms with Gasteiger partial charge in [-0.1, -0.05) is 11.8 Å². The van der Waals surface area contributed by atoms with Crippen molar-refractivity contribution in [1.82, 2.24) is 5.32 Å². The molecule has 0 radical (unpaired) electrons. The van der Waals surface area contributed by atoms with Crippen LogP contribution in [0.4, 0.5) is 5.69 Å². The Kier molecular flexibility index (Phi) is 11.2. The Labute approximate surface area is 180 Å². The van der Waals surface area contributed by atoms with Gasteiger partial charge in [-0.25, -0.2) is 0 Å². The monoisotopic (exact) mass is 430 g/mol. The van der Waals surface area contributed by atoms with E-state index in [1.165, 1.54) is 11.8 Å². The van der Waals surface area contributed by atoms with Crippen molar-refractivity contribution in [2.45, 2.75) is 0 Å². The van der Waals surface area contributed by atoms with Crippen LogP contribution >= 0.6 is 11.8 Å². The fourth-order valence-electron chi connectivity index (χ4n) is 2.10. The third-order valence-corrected chi connectivity index (χ3v) is 4.64. The Morgan fingerprint density at radius 1 is 1.10 bits per heavy atom. The lowest BCUT2D eigenvalue weighted by Crippen LogP contribution is -2.19. The standard InChI is InChI=1S/C13H18N4O2S.C8H8O2/c1-15-11(12(14)18)13(16-2)20-8-17-9-4-6-10(19-3)7-5-9;1-10-8-4-2-7(6-9)3-5-8/h4-7,16-17H,1,8H2,2-3H3,(H2,14,18);2-6H,1H3/b13-11-;. The van der Waals surface area contributed by atoms with Crippen LogP contribution in [0.5, 0.6) is 11.5 Å². The highest BCUT2D eigenvalue weighted by Gasteiger charge is 2.10. The molecule has 2 aromatic rings. The van der Waals surface area contributed by atoms with Gasteiger partial charge in [-0.15, -0.1) is 0 Å². The first-order valence-electron chi connectivity index (χ1n) is 8.77. The number of carbonyl (C=O) groups is 2. The van der Waals surface area contributed by atoms with Crippen LogP contribution in [0.2, 0.25) is 0 Å². The number of aldehydes is 1. The van der Waals surface area contributed by atoms with E-state index in [1.54, 1.807) is 45.5 Å². The van der Waals surface area contributed by atoms with E-state index in [0.717, 1.165) is 23.5 Å². The molecule has 30 heavy (non-hydrogen) atoms. The third kappa shape index (κ3) is 8.27. The van der Waals surface area contributed by atoms with Crippen LogP contribution < -0.4 is 25.8 Å². The van der Waals surface area contributed by atoms with Gasteiger partial charge in [-0.3, -0.25) is 14.6 Å². The van der Waals surface area contributed by atoms with Crippen LogP contribution in [0.3, 0.4) is 0 Å². The Balaban J connectivity index is 0.000000375. The number of primary amides is 1. The van der Waals surface area contributed by atoms with Crippen LogP contribution in [0, 0.1) is 0 Å². The van der Waals surface area contributed by atoms with Gasteiger partial charge in [0.1, 0.15) is 22.8 Å². The van der Waals surface area contributed by atoms with Crippen LogP contribution in [-0.2, 0) is 4.79 Å². The molecule has 0 spiro atoms. The van der Waals surface area contributed by atoms with E-state index in [9.17, 15) is 9.59 Å². The molecule has 8 nitrogen and oxygen atoms in total. The minimum absolute atomic E-state index is 0.133. The van der Waals surface area contributed by atoms with E-state index in [4.69, 9.17) is 15.2 Å².